The van der Waals surface area contributed by atoms with E-state index in [0.717, 1.165) is 37.1 Å². The topological polar surface area (TPSA) is 70.0 Å². The highest BCUT2D eigenvalue weighted by Crippen LogP contribution is 2.64. The minimum absolute atomic E-state index is 0.0397. The van der Waals surface area contributed by atoms with Crippen molar-refractivity contribution in [1.82, 2.24) is 4.90 Å². The Bertz CT molecular complexity index is 1010. The van der Waals surface area contributed by atoms with Crippen molar-refractivity contribution in [1.29, 1.82) is 0 Å². The zero-order chi connectivity index (χ0) is 19.8. The molecule has 2 fully saturated rings. The molecule has 6 rings (SSSR count). The van der Waals surface area contributed by atoms with Crippen LogP contribution in [0.15, 0.2) is 42.5 Å². The van der Waals surface area contributed by atoms with Gasteiger partial charge >= 0.3 is 0 Å². The van der Waals surface area contributed by atoms with Gasteiger partial charge in [0.2, 0.25) is 0 Å². The Morgan fingerprint density at radius 1 is 1.14 bits per heavy atom. The molecule has 2 aliphatic carbocycles. The summed E-state index contributed by atoms with van der Waals surface area (Å²) in [5, 5.41) is 22.5. The Morgan fingerprint density at radius 3 is 2.79 bits per heavy atom. The van der Waals surface area contributed by atoms with Gasteiger partial charge in [-0.2, -0.15) is 0 Å². The van der Waals surface area contributed by atoms with Crippen molar-refractivity contribution in [3.8, 4) is 11.5 Å². The quantitative estimate of drug-likeness (QED) is 0.841. The fourth-order valence-electron chi connectivity index (χ4n) is 6.60. The zero-order valence-electron chi connectivity index (χ0n) is 16.3. The van der Waals surface area contributed by atoms with Gasteiger partial charge in [0.25, 0.3) is 0 Å². The highest BCUT2D eigenvalue weighted by atomic mass is 16.5. The van der Waals surface area contributed by atoms with Gasteiger partial charge in [0.15, 0.2) is 23.4 Å². The number of ketones is 1. The van der Waals surface area contributed by atoms with Crippen LogP contribution in [0.4, 0.5) is 0 Å². The van der Waals surface area contributed by atoms with E-state index >= 15 is 0 Å². The first kappa shape index (κ1) is 17.5. The summed E-state index contributed by atoms with van der Waals surface area (Å²) in [7, 11) is 0. The molecule has 2 aromatic rings. The summed E-state index contributed by atoms with van der Waals surface area (Å²) in [4.78, 5) is 15.3. The number of phenolic OH excluding ortho intramolecular Hbond substituents is 1. The predicted octanol–water partition coefficient (Wildman–Crippen LogP) is 2.36. The van der Waals surface area contributed by atoms with Crippen molar-refractivity contribution >= 4 is 5.78 Å². The minimum Gasteiger partial charge on any atom is -0.504 e. The van der Waals surface area contributed by atoms with Gasteiger partial charge in [-0.3, -0.25) is 9.69 Å². The first-order valence-electron chi connectivity index (χ1n) is 10.6. The van der Waals surface area contributed by atoms with Crippen molar-refractivity contribution in [2.45, 2.75) is 55.3 Å². The monoisotopic (exact) mass is 391 g/mol. The molecule has 2 aromatic carbocycles. The summed E-state index contributed by atoms with van der Waals surface area (Å²) in [6.07, 6.45) is 2.45. The largest absolute Gasteiger partial charge is 0.504 e. The molecule has 0 radical (unpaired) electrons. The van der Waals surface area contributed by atoms with Gasteiger partial charge in [-0.15, -0.1) is 0 Å². The van der Waals surface area contributed by atoms with E-state index in [1.54, 1.807) is 6.07 Å². The van der Waals surface area contributed by atoms with E-state index in [1.165, 1.54) is 5.56 Å². The van der Waals surface area contributed by atoms with Crippen molar-refractivity contribution in [3.63, 3.8) is 0 Å². The van der Waals surface area contributed by atoms with E-state index in [9.17, 15) is 15.0 Å². The van der Waals surface area contributed by atoms with Gasteiger partial charge in [0.05, 0.1) is 11.0 Å². The summed E-state index contributed by atoms with van der Waals surface area (Å²) < 4.78 is 6.07. The maximum atomic E-state index is 12.8. The van der Waals surface area contributed by atoms with E-state index in [-0.39, 0.29) is 17.6 Å². The number of nitrogens with zero attached hydrogens (tertiary/aromatic N) is 1. The minimum atomic E-state index is -1.01. The number of carbonyl (C=O) groups is 1. The third-order valence-electron chi connectivity index (χ3n) is 7.90. The second kappa shape index (κ2) is 5.83. The Labute approximate surface area is 169 Å². The normalized spacial score (nSPS) is 34.6. The summed E-state index contributed by atoms with van der Waals surface area (Å²) >= 11 is 0. The fourth-order valence-corrected chi connectivity index (χ4v) is 6.60. The molecule has 29 heavy (non-hydrogen) atoms. The van der Waals surface area contributed by atoms with Crippen LogP contribution in [0.3, 0.4) is 0 Å². The van der Waals surface area contributed by atoms with Gasteiger partial charge in [-0.05, 0) is 49.4 Å². The third-order valence-corrected chi connectivity index (χ3v) is 7.90. The molecule has 1 saturated heterocycles. The third kappa shape index (κ3) is 2.10. The van der Waals surface area contributed by atoms with Crippen molar-refractivity contribution < 1.29 is 19.7 Å². The van der Waals surface area contributed by atoms with Crippen LogP contribution in [0.1, 0.15) is 36.0 Å². The van der Waals surface area contributed by atoms with Crippen LogP contribution in [0, 0.1) is 0 Å². The molecule has 4 aliphatic rings. The molecule has 0 aromatic heterocycles. The second-order valence-electron chi connectivity index (χ2n) is 9.05. The number of Topliss-reactive ketones (excluding diaryl/α,β-unsaturated/α-hetero) is 1. The number of carbonyl (C=O) groups excluding carboxylic acids is 1. The smallest absolute Gasteiger partial charge is 0.174 e. The number of hydrogen-bond acceptors (Lipinski definition) is 5. The average molecular weight is 391 g/mol. The molecule has 5 nitrogen and oxygen atoms in total. The lowest BCUT2D eigenvalue weighted by molar-refractivity contribution is -0.188. The molecule has 5 heteroatoms. The number of likely N-dealkylation sites (tertiary alicyclic amines) is 1. The first-order chi connectivity index (χ1) is 14.0. The number of piperidine rings is 1. The highest BCUT2D eigenvalue weighted by molar-refractivity contribution is 5.90. The molecule has 2 bridgehead atoms. The Morgan fingerprint density at radius 2 is 1.97 bits per heavy atom. The summed E-state index contributed by atoms with van der Waals surface area (Å²) in [6, 6.07) is 14.0. The molecular weight excluding hydrogens is 366 g/mol. The van der Waals surface area contributed by atoms with Crippen molar-refractivity contribution in [3.05, 3.63) is 59.2 Å². The van der Waals surface area contributed by atoms with Crippen LogP contribution >= 0.6 is 0 Å². The molecule has 4 unspecified atom stereocenters. The lowest BCUT2D eigenvalue weighted by Crippen LogP contribution is -2.76. The Balaban J connectivity index is 1.43. The molecule has 2 heterocycles. The van der Waals surface area contributed by atoms with E-state index in [2.05, 4.69) is 29.2 Å². The van der Waals surface area contributed by atoms with Gasteiger partial charge in [-0.1, -0.05) is 36.4 Å². The molecule has 1 spiro atoms. The van der Waals surface area contributed by atoms with Crippen molar-refractivity contribution in [2.75, 3.05) is 13.1 Å². The number of phenols is 1. The molecule has 150 valence electrons. The molecule has 1 saturated carbocycles. The maximum Gasteiger partial charge on any atom is 0.174 e. The maximum absolute atomic E-state index is 12.8. The second-order valence-corrected chi connectivity index (χ2v) is 9.05. The number of hydrogen-bond donors (Lipinski definition) is 2. The average Bonchev–Trinajstić information content (AvgIpc) is 3.09. The number of rotatable bonds is 3. The van der Waals surface area contributed by atoms with Crippen LogP contribution in [0.25, 0.3) is 0 Å². The van der Waals surface area contributed by atoms with E-state index in [1.807, 2.05) is 12.1 Å². The van der Waals surface area contributed by atoms with Crippen LogP contribution in [0.5, 0.6) is 11.5 Å². The highest BCUT2D eigenvalue weighted by Gasteiger charge is 2.73. The Hall–Kier alpha value is -2.37. The van der Waals surface area contributed by atoms with Gasteiger partial charge in [0.1, 0.15) is 0 Å². The van der Waals surface area contributed by atoms with E-state index in [4.69, 9.17) is 4.74 Å². The molecular formula is C24H25NO4. The van der Waals surface area contributed by atoms with Crippen LogP contribution < -0.4 is 4.74 Å². The van der Waals surface area contributed by atoms with Gasteiger partial charge in [-0.25, -0.2) is 0 Å². The van der Waals surface area contributed by atoms with E-state index < -0.39 is 17.1 Å². The van der Waals surface area contributed by atoms with Crippen LogP contribution in [-0.4, -0.2) is 51.7 Å². The number of aromatic hydroxyl groups is 1. The predicted molar refractivity (Wildman–Crippen MR) is 107 cm³/mol. The molecule has 2 aliphatic heterocycles. The van der Waals surface area contributed by atoms with E-state index in [0.29, 0.717) is 25.0 Å². The zero-order valence-corrected chi connectivity index (χ0v) is 16.3. The summed E-state index contributed by atoms with van der Waals surface area (Å²) in [5.74, 6) is 0.555. The SMILES string of the molecule is O=C1CCC2(O)C3Cc4ccc(O)c5c4C2(CCN3CCc2ccccc2)C1O5. The van der Waals surface area contributed by atoms with Crippen LogP contribution in [-0.2, 0) is 23.1 Å². The summed E-state index contributed by atoms with van der Waals surface area (Å²) in [5.41, 5.74) is 1.57. The lowest BCUT2D eigenvalue weighted by Gasteiger charge is -2.62. The van der Waals surface area contributed by atoms with Gasteiger partial charge in [0, 0.05) is 24.6 Å². The lowest BCUT2D eigenvalue weighted by atomic mass is 9.49. The molecule has 0 amide bonds. The van der Waals surface area contributed by atoms with Gasteiger partial charge < -0.3 is 14.9 Å². The number of benzene rings is 2. The molecule has 2 N–H and O–H groups in total. The molecule has 4 atom stereocenters. The Kier molecular flexibility index (Phi) is 3.52. The van der Waals surface area contributed by atoms with Crippen LogP contribution in [0.2, 0.25) is 0 Å². The number of ether oxygens (including phenoxy) is 1. The standard InChI is InChI=1S/C24H25NO4/c26-17-7-6-16-14-19-24(28)10-8-18(27)22-23(24,20(16)21(17)29-22)11-13-25(19)12-9-15-4-2-1-3-5-15/h1-7,19,22,26,28H,8-14H2. The number of aliphatic hydroxyl groups is 1. The summed E-state index contributed by atoms with van der Waals surface area (Å²) in [6.45, 7) is 1.70. The fraction of sp³-hybridized carbons (Fsp3) is 0.458. The van der Waals surface area contributed by atoms with Crippen molar-refractivity contribution in [2.24, 2.45) is 0 Å². The first-order valence-corrected chi connectivity index (χ1v) is 10.6.